The number of carbonyl (C=O) groups is 2. The van der Waals surface area contributed by atoms with Crippen molar-refractivity contribution in [1.29, 1.82) is 0 Å². The van der Waals surface area contributed by atoms with E-state index in [2.05, 4.69) is 5.32 Å². The van der Waals surface area contributed by atoms with Crippen molar-refractivity contribution in [2.45, 2.75) is 19.8 Å². The Morgan fingerprint density at radius 1 is 1.46 bits per heavy atom. The molecule has 0 aromatic heterocycles. The van der Waals surface area contributed by atoms with Gasteiger partial charge in [0, 0.05) is 22.9 Å². The Morgan fingerprint density at radius 3 is 2.71 bits per heavy atom. The third kappa shape index (κ3) is 3.16. The molecule has 0 amide bonds. The van der Waals surface area contributed by atoms with Crippen LogP contribution in [-0.2, 0) is 14.3 Å². The minimum atomic E-state index is -0.975. The fourth-order valence-corrected chi connectivity index (χ4v) is 2.92. The number of halogens is 1. The first-order valence-corrected chi connectivity index (χ1v) is 7.53. The number of rotatable bonds is 5. The van der Waals surface area contributed by atoms with Crippen LogP contribution in [0.1, 0.15) is 25.3 Å². The third-order valence-corrected chi connectivity index (χ3v) is 3.93. The first-order valence-electron chi connectivity index (χ1n) is 7.15. The SMILES string of the molecule is CCOC(=O)C1=C(C)NC(Cl)=C(C=O)C1c1ccccc1[N+](=O)[O-]. The Labute approximate surface area is 143 Å². The van der Waals surface area contributed by atoms with Gasteiger partial charge in [-0.25, -0.2) is 4.79 Å². The van der Waals surface area contributed by atoms with E-state index < -0.39 is 16.8 Å². The van der Waals surface area contributed by atoms with Crippen molar-refractivity contribution < 1.29 is 19.2 Å². The predicted octanol–water partition coefficient (Wildman–Crippen LogP) is 2.77. The number of aldehydes is 1. The van der Waals surface area contributed by atoms with Crippen molar-refractivity contribution in [2.24, 2.45) is 0 Å². The Balaban J connectivity index is 2.72. The van der Waals surface area contributed by atoms with Crippen LogP contribution in [0.3, 0.4) is 0 Å². The highest BCUT2D eigenvalue weighted by atomic mass is 35.5. The van der Waals surface area contributed by atoms with Crippen molar-refractivity contribution >= 4 is 29.5 Å². The Bertz CT molecular complexity index is 769. The van der Waals surface area contributed by atoms with Gasteiger partial charge in [-0.05, 0) is 13.8 Å². The van der Waals surface area contributed by atoms with Crippen LogP contribution in [0.15, 0.2) is 46.3 Å². The lowest BCUT2D eigenvalue weighted by molar-refractivity contribution is -0.385. The van der Waals surface area contributed by atoms with E-state index in [1.54, 1.807) is 19.9 Å². The van der Waals surface area contributed by atoms with Crippen LogP contribution in [0.25, 0.3) is 0 Å². The second-order valence-electron chi connectivity index (χ2n) is 5.02. The molecular weight excluding hydrogens is 336 g/mol. The standard InChI is InChI=1S/C16H15ClN2O5/c1-3-24-16(21)13-9(2)18-15(17)11(8-20)14(13)10-6-4-5-7-12(10)19(22)23/h4-8,14,18H,3H2,1-2H3. The van der Waals surface area contributed by atoms with E-state index in [9.17, 15) is 19.7 Å². The normalized spacial score (nSPS) is 17.4. The van der Waals surface area contributed by atoms with E-state index in [1.807, 2.05) is 0 Å². The van der Waals surface area contributed by atoms with Crippen molar-refractivity contribution in [1.82, 2.24) is 5.32 Å². The van der Waals surface area contributed by atoms with Gasteiger partial charge in [0.1, 0.15) is 11.4 Å². The van der Waals surface area contributed by atoms with Crippen molar-refractivity contribution in [3.05, 3.63) is 61.9 Å². The molecule has 7 nitrogen and oxygen atoms in total. The number of nitro benzene ring substituents is 1. The molecule has 1 aliphatic rings. The first-order chi connectivity index (χ1) is 11.4. The summed E-state index contributed by atoms with van der Waals surface area (Å²) in [4.78, 5) is 34.7. The van der Waals surface area contributed by atoms with Crippen LogP contribution in [0.2, 0.25) is 0 Å². The minimum Gasteiger partial charge on any atom is -0.463 e. The van der Waals surface area contributed by atoms with Gasteiger partial charge >= 0.3 is 5.97 Å². The second-order valence-corrected chi connectivity index (χ2v) is 5.40. The molecule has 1 unspecified atom stereocenters. The van der Waals surface area contributed by atoms with Gasteiger partial charge in [-0.2, -0.15) is 0 Å². The molecule has 1 aromatic rings. The van der Waals surface area contributed by atoms with Gasteiger partial charge in [0.15, 0.2) is 0 Å². The zero-order valence-electron chi connectivity index (χ0n) is 13.0. The predicted molar refractivity (Wildman–Crippen MR) is 87.2 cm³/mol. The Kier molecular flexibility index (Phi) is 5.35. The molecular formula is C16H15ClN2O5. The number of nitrogens with one attached hydrogen (secondary N) is 1. The van der Waals surface area contributed by atoms with Gasteiger partial charge in [0.05, 0.1) is 23.0 Å². The number of para-hydroxylation sites is 1. The van der Waals surface area contributed by atoms with Gasteiger partial charge in [-0.15, -0.1) is 0 Å². The van der Waals surface area contributed by atoms with E-state index in [1.165, 1.54) is 18.2 Å². The van der Waals surface area contributed by atoms with Gasteiger partial charge in [0.25, 0.3) is 5.69 Å². The molecule has 1 heterocycles. The molecule has 1 aromatic carbocycles. The van der Waals surface area contributed by atoms with E-state index >= 15 is 0 Å². The van der Waals surface area contributed by atoms with E-state index in [0.29, 0.717) is 12.0 Å². The monoisotopic (exact) mass is 350 g/mol. The van der Waals surface area contributed by atoms with E-state index in [-0.39, 0.29) is 34.2 Å². The van der Waals surface area contributed by atoms with Crippen LogP contribution in [0, 0.1) is 10.1 Å². The topological polar surface area (TPSA) is 98.5 Å². The number of allylic oxidation sites excluding steroid dienone is 2. The quantitative estimate of drug-likeness (QED) is 0.288. The number of ether oxygens (including phenoxy) is 1. The maximum atomic E-state index is 12.4. The number of esters is 1. The highest BCUT2D eigenvalue weighted by Crippen LogP contribution is 2.41. The summed E-state index contributed by atoms with van der Waals surface area (Å²) in [7, 11) is 0. The molecule has 0 fully saturated rings. The van der Waals surface area contributed by atoms with E-state index in [0.717, 1.165) is 0 Å². The Morgan fingerprint density at radius 2 is 2.12 bits per heavy atom. The van der Waals surface area contributed by atoms with Crippen LogP contribution in [-0.4, -0.2) is 23.8 Å². The number of nitro groups is 1. The van der Waals surface area contributed by atoms with Gasteiger partial charge < -0.3 is 10.1 Å². The molecule has 0 aliphatic carbocycles. The number of hydrogen-bond acceptors (Lipinski definition) is 6. The molecule has 0 spiro atoms. The van der Waals surface area contributed by atoms with Crippen LogP contribution >= 0.6 is 11.6 Å². The highest BCUT2D eigenvalue weighted by molar-refractivity contribution is 6.31. The summed E-state index contributed by atoms with van der Waals surface area (Å²) in [6.07, 6.45) is 0.488. The molecule has 1 N–H and O–H groups in total. The second kappa shape index (κ2) is 7.27. The molecule has 126 valence electrons. The smallest absolute Gasteiger partial charge is 0.336 e. The summed E-state index contributed by atoms with van der Waals surface area (Å²) >= 11 is 6.08. The third-order valence-electron chi connectivity index (χ3n) is 3.62. The van der Waals surface area contributed by atoms with E-state index in [4.69, 9.17) is 16.3 Å². The lowest BCUT2D eigenvalue weighted by atomic mass is 9.82. The molecule has 0 radical (unpaired) electrons. The molecule has 1 atom stereocenters. The van der Waals surface area contributed by atoms with Gasteiger partial charge in [-0.3, -0.25) is 14.9 Å². The number of hydrogen-bond donors (Lipinski definition) is 1. The minimum absolute atomic E-state index is 0.0266. The van der Waals surface area contributed by atoms with Crippen molar-refractivity contribution in [2.75, 3.05) is 6.61 Å². The molecule has 0 saturated carbocycles. The summed E-state index contributed by atoms with van der Waals surface area (Å²) in [5.41, 5.74) is 0.541. The Hall–Kier alpha value is -2.67. The number of carbonyl (C=O) groups excluding carboxylic acids is 2. The zero-order chi connectivity index (χ0) is 17.9. The van der Waals surface area contributed by atoms with Crippen LogP contribution < -0.4 is 5.32 Å². The molecule has 24 heavy (non-hydrogen) atoms. The fourth-order valence-electron chi connectivity index (χ4n) is 2.62. The largest absolute Gasteiger partial charge is 0.463 e. The van der Waals surface area contributed by atoms with Crippen LogP contribution in [0.4, 0.5) is 5.69 Å². The molecule has 8 heteroatoms. The average Bonchev–Trinajstić information content (AvgIpc) is 2.54. The molecule has 0 saturated heterocycles. The summed E-state index contributed by atoms with van der Waals surface area (Å²) in [5, 5.41) is 14.1. The van der Waals surface area contributed by atoms with Crippen molar-refractivity contribution in [3.8, 4) is 0 Å². The van der Waals surface area contributed by atoms with Gasteiger partial charge in [-0.1, -0.05) is 29.8 Å². The average molecular weight is 351 g/mol. The highest BCUT2D eigenvalue weighted by Gasteiger charge is 2.37. The lowest BCUT2D eigenvalue weighted by Crippen LogP contribution is -2.29. The molecule has 1 aliphatic heterocycles. The summed E-state index contributed by atoms with van der Waals surface area (Å²) < 4.78 is 5.04. The van der Waals surface area contributed by atoms with Crippen molar-refractivity contribution in [3.63, 3.8) is 0 Å². The fraction of sp³-hybridized carbons (Fsp3) is 0.250. The number of nitrogens with zero attached hydrogens (tertiary/aromatic N) is 1. The summed E-state index contributed by atoms with van der Waals surface area (Å²) in [6, 6.07) is 5.91. The molecule has 2 rings (SSSR count). The number of dihydropyridines is 1. The zero-order valence-corrected chi connectivity index (χ0v) is 13.8. The van der Waals surface area contributed by atoms with Gasteiger partial charge in [0.2, 0.25) is 0 Å². The number of benzene rings is 1. The molecule has 0 bridgehead atoms. The summed E-state index contributed by atoms with van der Waals surface area (Å²) in [5.74, 6) is -1.63. The first kappa shape index (κ1) is 17.7. The lowest BCUT2D eigenvalue weighted by Gasteiger charge is -2.27. The maximum Gasteiger partial charge on any atom is 0.336 e. The maximum absolute atomic E-state index is 12.4. The summed E-state index contributed by atoms with van der Waals surface area (Å²) in [6.45, 7) is 3.37. The van der Waals surface area contributed by atoms with Crippen LogP contribution in [0.5, 0.6) is 0 Å².